The van der Waals surface area contributed by atoms with Gasteiger partial charge in [0, 0.05) is 40.6 Å². The highest BCUT2D eigenvalue weighted by molar-refractivity contribution is 6.08. The van der Waals surface area contributed by atoms with Crippen LogP contribution in [0.2, 0.25) is 0 Å². The molecule has 0 fully saturated rings. The average molecular weight is 425 g/mol. The minimum Gasteiger partial charge on any atom is -0.472 e. The van der Waals surface area contributed by atoms with Crippen LogP contribution < -0.4 is 10.2 Å². The predicted molar refractivity (Wildman–Crippen MR) is 124 cm³/mol. The van der Waals surface area contributed by atoms with Crippen LogP contribution in [0.5, 0.6) is 0 Å². The van der Waals surface area contributed by atoms with Crippen molar-refractivity contribution in [3.63, 3.8) is 0 Å². The number of anilines is 2. The van der Waals surface area contributed by atoms with E-state index in [2.05, 4.69) is 35.9 Å². The number of aromatic nitrogens is 1. The van der Waals surface area contributed by atoms with Crippen molar-refractivity contribution in [3.05, 3.63) is 101 Å². The molecule has 0 unspecified atom stereocenters. The predicted octanol–water partition coefficient (Wildman–Crippen LogP) is 5.14. The third-order valence-electron chi connectivity index (χ3n) is 5.91. The Morgan fingerprint density at radius 2 is 1.66 bits per heavy atom. The molecule has 0 radical (unpaired) electrons. The second-order valence-corrected chi connectivity index (χ2v) is 8.01. The Hall–Kier alpha value is -4.06. The van der Waals surface area contributed by atoms with Crippen molar-refractivity contribution >= 4 is 23.2 Å². The molecule has 1 aliphatic heterocycles. The monoisotopic (exact) mass is 425 g/mol. The standard InChI is InChI=1S/C26H23N3O3/c1-17-3-4-18(2)29(17)23-8-5-19(6-9-23)25(30)27-22-7-10-24-20(15-22)11-13-28(24)26(31)21-12-14-32-16-21/h3-10,12,14-16H,11,13H2,1-2H3,(H,27,30). The van der Waals surface area contributed by atoms with Crippen LogP contribution in [0.3, 0.4) is 0 Å². The van der Waals surface area contributed by atoms with Gasteiger partial charge >= 0.3 is 0 Å². The summed E-state index contributed by atoms with van der Waals surface area (Å²) in [7, 11) is 0. The highest BCUT2D eigenvalue weighted by Gasteiger charge is 2.26. The maximum absolute atomic E-state index is 12.8. The van der Waals surface area contributed by atoms with Gasteiger partial charge in [-0.1, -0.05) is 0 Å². The van der Waals surface area contributed by atoms with Gasteiger partial charge in [-0.05, 0) is 86.5 Å². The Morgan fingerprint density at radius 1 is 0.906 bits per heavy atom. The molecule has 2 aromatic carbocycles. The van der Waals surface area contributed by atoms with Crippen LogP contribution in [0.15, 0.2) is 77.6 Å². The molecular formula is C26H23N3O3. The maximum atomic E-state index is 12.8. The summed E-state index contributed by atoms with van der Waals surface area (Å²) in [4.78, 5) is 27.2. The largest absolute Gasteiger partial charge is 0.472 e. The van der Waals surface area contributed by atoms with Crippen molar-refractivity contribution in [2.24, 2.45) is 0 Å². The number of furan rings is 1. The first-order valence-electron chi connectivity index (χ1n) is 10.5. The second kappa shape index (κ2) is 7.89. The van der Waals surface area contributed by atoms with E-state index in [4.69, 9.17) is 4.42 Å². The van der Waals surface area contributed by atoms with Crippen molar-refractivity contribution in [2.75, 3.05) is 16.8 Å². The van der Waals surface area contributed by atoms with E-state index in [1.54, 1.807) is 11.0 Å². The van der Waals surface area contributed by atoms with Gasteiger partial charge in [-0.3, -0.25) is 9.59 Å². The highest BCUT2D eigenvalue weighted by atomic mass is 16.3. The van der Waals surface area contributed by atoms with Crippen LogP contribution in [-0.4, -0.2) is 22.9 Å². The molecule has 3 heterocycles. The molecule has 6 nitrogen and oxygen atoms in total. The van der Waals surface area contributed by atoms with Gasteiger partial charge in [-0.15, -0.1) is 0 Å². The number of carbonyl (C=O) groups is 2. The summed E-state index contributed by atoms with van der Waals surface area (Å²) in [6.07, 6.45) is 3.70. The number of hydrogen-bond acceptors (Lipinski definition) is 3. The smallest absolute Gasteiger partial charge is 0.261 e. The van der Waals surface area contributed by atoms with Crippen molar-refractivity contribution in [2.45, 2.75) is 20.3 Å². The number of rotatable bonds is 4. The van der Waals surface area contributed by atoms with Crippen LogP contribution in [0.1, 0.15) is 37.7 Å². The van der Waals surface area contributed by atoms with Crippen LogP contribution >= 0.6 is 0 Å². The number of benzene rings is 2. The summed E-state index contributed by atoms with van der Waals surface area (Å²) in [5, 5.41) is 2.97. The molecule has 0 bridgehead atoms. The Kier molecular flexibility index (Phi) is 4.90. The molecule has 4 aromatic rings. The summed E-state index contributed by atoms with van der Waals surface area (Å²) in [5.74, 6) is -0.246. The van der Waals surface area contributed by atoms with Gasteiger partial charge in [0.15, 0.2) is 0 Å². The summed E-state index contributed by atoms with van der Waals surface area (Å²) in [5.41, 5.74) is 7.08. The summed E-state index contributed by atoms with van der Waals surface area (Å²) in [6.45, 7) is 4.73. The fraction of sp³-hybridized carbons (Fsp3) is 0.154. The van der Waals surface area contributed by atoms with E-state index >= 15 is 0 Å². The molecule has 160 valence electrons. The SMILES string of the molecule is Cc1ccc(C)n1-c1ccc(C(=O)Nc2ccc3c(c2)CCN3C(=O)c2ccoc2)cc1. The third-order valence-corrected chi connectivity index (χ3v) is 5.91. The second-order valence-electron chi connectivity index (χ2n) is 8.01. The van der Waals surface area contributed by atoms with E-state index in [1.807, 2.05) is 42.5 Å². The summed E-state index contributed by atoms with van der Waals surface area (Å²) >= 11 is 0. The number of nitrogens with one attached hydrogen (secondary N) is 1. The molecule has 2 aromatic heterocycles. The molecule has 5 rings (SSSR count). The Bertz CT molecular complexity index is 1280. The van der Waals surface area contributed by atoms with Crippen LogP contribution in [0.25, 0.3) is 5.69 Å². The quantitative estimate of drug-likeness (QED) is 0.492. The van der Waals surface area contributed by atoms with Gasteiger partial charge in [-0.2, -0.15) is 0 Å². The number of carbonyl (C=O) groups excluding carboxylic acids is 2. The Morgan fingerprint density at radius 3 is 2.34 bits per heavy atom. The lowest BCUT2D eigenvalue weighted by Crippen LogP contribution is -2.28. The molecule has 1 aliphatic rings. The lowest BCUT2D eigenvalue weighted by Gasteiger charge is -2.16. The zero-order valence-corrected chi connectivity index (χ0v) is 18.0. The fourth-order valence-corrected chi connectivity index (χ4v) is 4.27. The molecule has 0 saturated carbocycles. The zero-order valence-electron chi connectivity index (χ0n) is 18.0. The number of aryl methyl sites for hydroxylation is 2. The van der Waals surface area contributed by atoms with Crippen LogP contribution in [-0.2, 0) is 6.42 Å². The molecule has 32 heavy (non-hydrogen) atoms. The first kappa shape index (κ1) is 19.9. The molecule has 0 atom stereocenters. The third kappa shape index (κ3) is 3.50. The van der Waals surface area contributed by atoms with Crippen LogP contribution in [0.4, 0.5) is 11.4 Å². The molecule has 0 saturated heterocycles. The van der Waals surface area contributed by atoms with E-state index in [0.717, 1.165) is 34.7 Å². The normalized spacial score (nSPS) is 12.6. The molecule has 0 spiro atoms. The molecule has 0 aliphatic carbocycles. The molecule has 2 amide bonds. The van der Waals surface area contributed by atoms with E-state index in [0.29, 0.717) is 23.4 Å². The molecular weight excluding hydrogens is 402 g/mol. The summed E-state index contributed by atoms with van der Waals surface area (Å²) in [6, 6.07) is 19.1. The van der Waals surface area contributed by atoms with Crippen molar-refractivity contribution in [3.8, 4) is 5.69 Å². The van der Waals surface area contributed by atoms with E-state index in [9.17, 15) is 9.59 Å². The van der Waals surface area contributed by atoms with Gasteiger partial charge in [0.2, 0.25) is 0 Å². The minimum absolute atomic E-state index is 0.0810. The summed E-state index contributed by atoms with van der Waals surface area (Å²) < 4.78 is 7.18. The number of nitrogens with zero attached hydrogens (tertiary/aromatic N) is 2. The average Bonchev–Trinajstić information content (AvgIpc) is 3.54. The van der Waals surface area contributed by atoms with Crippen molar-refractivity contribution in [1.82, 2.24) is 4.57 Å². The lowest BCUT2D eigenvalue weighted by atomic mass is 10.1. The first-order valence-corrected chi connectivity index (χ1v) is 10.5. The first-order chi connectivity index (χ1) is 15.5. The highest BCUT2D eigenvalue weighted by Crippen LogP contribution is 2.32. The van der Waals surface area contributed by atoms with Gasteiger partial charge < -0.3 is 19.2 Å². The van der Waals surface area contributed by atoms with E-state index < -0.39 is 0 Å². The van der Waals surface area contributed by atoms with Gasteiger partial charge in [0.25, 0.3) is 11.8 Å². The fourth-order valence-electron chi connectivity index (χ4n) is 4.27. The van der Waals surface area contributed by atoms with Gasteiger partial charge in [0.1, 0.15) is 6.26 Å². The minimum atomic E-state index is -0.165. The number of hydrogen-bond donors (Lipinski definition) is 1. The Labute approximate surface area is 186 Å². The van der Waals surface area contributed by atoms with Crippen molar-refractivity contribution < 1.29 is 14.0 Å². The van der Waals surface area contributed by atoms with E-state index in [-0.39, 0.29) is 11.8 Å². The number of fused-ring (bicyclic) bond motifs is 1. The molecule has 6 heteroatoms. The Balaban J connectivity index is 1.31. The van der Waals surface area contributed by atoms with Gasteiger partial charge in [0.05, 0.1) is 11.8 Å². The zero-order chi connectivity index (χ0) is 22.2. The van der Waals surface area contributed by atoms with Crippen LogP contribution in [0, 0.1) is 13.8 Å². The topological polar surface area (TPSA) is 67.5 Å². The van der Waals surface area contributed by atoms with E-state index in [1.165, 1.54) is 12.5 Å². The van der Waals surface area contributed by atoms with Gasteiger partial charge in [-0.25, -0.2) is 0 Å². The lowest BCUT2D eigenvalue weighted by molar-refractivity contribution is 0.0987. The maximum Gasteiger partial charge on any atom is 0.261 e. The van der Waals surface area contributed by atoms with Crippen molar-refractivity contribution in [1.29, 1.82) is 0 Å². The molecule has 1 N–H and O–H groups in total. The number of amides is 2.